The van der Waals surface area contributed by atoms with Gasteiger partial charge in [0.2, 0.25) is 0 Å². The highest BCUT2D eigenvalue weighted by molar-refractivity contribution is 5.87. The smallest absolute Gasteiger partial charge is 0.335 e. The van der Waals surface area contributed by atoms with Gasteiger partial charge in [0.1, 0.15) is 5.75 Å². The number of aliphatic carboxylic acids is 1. The molecule has 0 spiro atoms. The molecule has 0 saturated heterocycles. The van der Waals surface area contributed by atoms with Crippen LogP contribution in [0.5, 0.6) is 5.75 Å². The summed E-state index contributed by atoms with van der Waals surface area (Å²) in [4.78, 5) is 21.0. The van der Waals surface area contributed by atoms with Gasteiger partial charge in [0.15, 0.2) is 0 Å². The Hall–Kier alpha value is -2.04. The van der Waals surface area contributed by atoms with Gasteiger partial charge in [0, 0.05) is 6.42 Å². The van der Waals surface area contributed by atoms with Crippen molar-refractivity contribution in [2.24, 2.45) is 5.92 Å². The number of ether oxygens (including phenoxy) is 1. The van der Waals surface area contributed by atoms with Crippen LogP contribution in [0, 0.1) is 5.92 Å². The van der Waals surface area contributed by atoms with Gasteiger partial charge in [-0.05, 0) is 43.0 Å². The Bertz CT molecular complexity index is 656. The Kier molecular flexibility index (Phi) is 24.2. The highest BCUT2D eigenvalue weighted by atomic mass is 16.5. The first kappa shape index (κ1) is 35.0. The largest absolute Gasteiger partial charge is 0.494 e. The molecule has 5 heteroatoms. The first-order valence-electron chi connectivity index (χ1n) is 15.1. The van der Waals surface area contributed by atoms with Crippen molar-refractivity contribution in [2.45, 2.75) is 143 Å². The van der Waals surface area contributed by atoms with Crippen molar-refractivity contribution in [3.63, 3.8) is 0 Å². The zero-order valence-electron chi connectivity index (χ0n) is 24.1. The van der Waals surface area contributed by atoms with E-state index in [-0.39, 0.29) is 0 Å². The van der Waals surface area contributed by atoms with Crippen molar-refractivity contribution in [1.29, 1.82) is 0 Å². The van der Waals surface area contributed by atoms with Crippen LogP contribution >= 0.6 is 0 Å². The number of aromatic carboxylic acids is 1. The van der Waals surface area contributed by atoms with Gasteiger partial charge in [-0.3, -0.25) is 4.79 Å². The van der Waals surface area contributed by atoms with Crippen LogP contribution in [0.1, 0.15) is 153 Å². The average Bonchev–Trinajstić information content (AvgIpc) is 2.89. The molecule has 1 unspecified atom stereocenters. The van der Waals surface area contributed by atoms with Crippen molar-refractivity contribution in [3.05, 3.63) is 29.8 Å². The third-order valence-corrected chi connectivity index (χ3v) is 6.90. The number of benzene rings is 1. The number of carboxylic acid groups (broad SMARTS) is 2. The molecule has 214 valence electrons. The van der Waals surface area contributed by atoms with Crippen LogP contribution < -0.4 is 4.74 Å². The van der Waals surface area contributed by atoms with Gasteiger partial charge in [-0.2, -0.15) is 0 Å². The molecular weight excluding hydrogens is 464 g/mol. The molecule has 1 aromatic rings. The molecule has 0 heterocycles. The molecule has 1 rings (SSSR count). The van der Waals surface area contributed by atoms with E-state index in [0.29, 0.717) is 18.6 Å². The van der Waals surface area contributed by atoms with E-state index in [1.165, 1.54) is 96.3 Å². The molecule has 2 N–H and O–H groups in total. The van der Waals surface area contributed by atoms with Gasteiger partial charge in [-0.15, -0.1) is 0 Å². The topological polar surface area (TPSA) is 83.8 Å². The minimum absolute atomic E-state index is 0.290. The Morgan fingerprint density at radius 1 is 0.703 bits per heavy atom. The highest BCUT2D eigenvalue weighted by Crippen LogP contribution is 2.16. The molecule has 0 aliphatic heterocycles. The second kappa shape index (κ2) is 25.6. The molecule has 1 aromatic carbocycles. The molecule has 0 aliphatic carbocycles. The fourth-order valence-electron chi connectivity index (χ4n) is 4.15. The van der Waals surface area contributed by atoms with Gasteiger partial charge in [0.05, 0.1) is 12.2 Å². The van der Waals surface area contributed by atoms with E-state index in [1.807, 2.05) is 0 Å². The van der Waals surface area contributed by atoms with Crippen molar-refractivity contribution in [3.8, 4) is 5.75 Å². The molecule has 0 fully saturated rings. The lowest BCUT2D eigenvalue weighted by Gasteiger charge is -2.07. The molecule has 0 radical (unpaired) electrons. The van der Waals surface area contributed by atoms with Crippen LogP contribution in [0.25, 0.3) is 0 Å². The van der Waals surface area contributed by atoms with Crippen LogP contribution in [-0.4, -0.2) is 28.8 Å². The van der Waals surface area contributed by atoms with E-state index in [9.17, 15) is 9.59 Å². The van der Waals surface area contributed by atoms with Crippen LogP contribution in [0.3, 0.4) is 0 Å². The monoisotopic (exact) mass is 520 g/mol. The SMILES string of the molecule is CCC(C)CCCCCCCCCCCCCCC(=O)O.CCCCCCOc1ccc(C(=O)O)cc1. The standard InChI is InChI=1S/C19H38O2.C13H18O3/c1-3-18(2)16-14-12-10-8-6-4-5-7-9-11-13-15-17-19(20)21;1-2-3-4-5-10-16-12-8-6-11(7-9-12)13(14)15/h18H,3-17H2,1-2H3,(H,20,21);6-9H,2-5,10H2,1H3,(H,14,15). The Balaban J connectivity index is 0.000000724. The third-order valence-electron chi connectivity index (χ3n) is 6.90. The summed E-state index contributed by atoms with van der Waals surface area (Å²) in [6, 6.07) is 6.51. The average molecular weight is 521 g/mol. The molecule has 0 amide bonds. The van der Waals surface area contributed by atoms with Gasteiger partial charge in [-0.25, -0.2) is 4.79 Å². The lowest BCUT2D eigenvalue weighted by Crippen LogP contribution is -1.99. The molecular formula is C32H56O5. The summed E-state index contributed by atoms with van der Waals surface area (Å²) in [5.41, 5.74) is 0.290. The van der Waals surface area contributed by atoms with Gasteiger partial charge in [0.25, 0.3) is 0 Å². The molecule has 5 nitrogen and oxygen atoms in total. The third kappa shape index (κ3) is 24.1. The maximum atomic E-state index is 10.6. The Morgan fingerprint density at radius 2 is 1.19 bits per heavy atom. The quantitative estimate of drug-likeness (QED) is 0.140. The van der Waals surface area contributed by atoms with Crippen LogP contribution in [0.4, 0.5) is 0 Å². The second-order valence-corrected chi connectivity index (χ2v) is 10.4. The number of carboxylic acids is 2. The summed E-state index contributed by atoms with van der Waals surface area (Å²) in [5.74, 6) is 0.0932. The predicted octanol–water partition coefficient (Wildman–Crippen LogP) is 9.92. The molecule has 37 heavy (non-hydrogen) atoms. The van der Waals surface area contributed by atoms with Crippen LogP contribution in [0.2, 0.25) is 0 Å². The summed E-state index contributed by atoms with van der Waals surface area (Å²) < 4.78 is 5.49. The first-order chi connectivity index (χ1) is 17.9. The molecule has 1 atom stereocenters. The van der Waals surface area contributed by atoms with E-state index < -0.39 is 11.9 Å². The lowest BCUT2D eigenvalue weighted by atomic mass is 9.99. The molecule has 0 aromatic heterocycles. The van der Waals surface area contributed by atoms with E-state index in [2.05, 4.69) is 20.8 Å². The highest BCUT2D eigenvalue weighted by Gasteiger charge is 2.02. The zero-order chi connectivity index (χ0) is 27.6. The van der Waals surface area contributed by atoms with Gasteiger partial charge < -0.3 is 14.9 Å². The summed E-state index contributed by atoms with van der Waals surface area (Å²) in [7, 11) is 0. The number of rotatable bonds is 23. The van der Waals surface area contributed by atoms with Crippen molar-refractivity contribution < 1.29 is 24.5 Å². The fourth-order valence-corrected chi connectivity index (χ4v) is 4.15. The Morgan fingerprint density at radius 3 is 1.65 bits per heavy atom. The summed E-state index contributed by atoms with van der Waals surface area (Å²) in [6.45, 7) is 7.52. The zero-order valence-corrected chi connectivity index (χ0v) is 24.1. The lowest BCUT2D eigenvalue weighted by molar-refractivity contribution is -0.137. The van der Waals surface area contributed by atoms with E-state index in [0.717, 1.165) is 30.9 Å². The second-order valence-electron chi connectivity index (χ2n) is 10.4. The maximum absolute atomic E-state index is 10.6. The molecule has 0 bridgehead atoms. The first-order valence-corrected chi connectivity index (χ1v) is 15.1. The summed E-state index contributed by atoms with van der Waals surface area (Å²) in [6.07, 6.45) is 23.4. The number of carbonyl (C=O) groups is 2. The summed E-state index contributed by atoms with van der Waals surface area (Å²) in [5, 5.41) is 17.2. The van der Waals surface area contributed by atoms with Gasteiger partial charge in [-0.1, -0.05) is 124 Å². The van der Waals surface area contributed by atoms with Crippen LogP contribution in [0.15, 0.2) is 24.3 Å². The van der Waals surface area contributed by atoms with Crippen molar-refractivity contribution >= 4 is 11.9 Å². The molecule has 0 saturated carbocycles. The normalized spacial score (nSPS) is 11.4. The fraction of sp³-hybridized carbons (Fsp3) is 0.750. The van der Waals surface area contributed by atoms with Crippen molar-refractivity contribution in [2.75, 3.05) is 6.61 Å². The van der Waals surface area contributed by atoms with E-state index in [4.69, 9.17) is 14.9 Å². The minimum Gasteiger partial charge on any atom is -0.494 e. The van der Waals surface area contributed by atoms with Gasteiger partial charge >= 0.3 is 11.9 Å². The van der Waals surface area contributed by atoms with E-state index in [1.54, 1.807) is 24.3 Å². The number of unbranched alkanes of at least 4 members (excludes halogenated alkanes) is 14. The maximum Gasteiger partial charge on any atom is 0.335 e. The molecule has 0 aliphatic rings. The van der Waals surface area contributed by atoms with Crippen molar-refractivity contribution in [1.82, 2.24) is 0 Å². The summed E-state index contributed by atoms with van der Waals surface area (Å²) >= 11 is 0. The minimum atomic E-state index is -0.908. The Labute approximate surface area is 227 Å². The van der Waals surface area contributed by atoms with Crippen LogP contribution in [-0.2, 0) is 4.79 Å². The predicted molar refractivity (Wildman–Crippen MR) is 155 cm³/mol. The number of hydrogen-bond donors (Lipinski definition) is 2. The number of hydrogen-bond acceptors (Lipinski definition) is 3. The van der Waals surface area contributed by atoms with E-state index >= 15 is 0 Å².